The maximum atomic E-state index is 12.2. The lowest BCUT2D eigenvalue weighted by Crippen LogP contribution is -2.29. The Morgan fingerprint density at radius 3 is 2.21 bits per heavy atom. The number of hydrogen-bond acceptors (Lipinski definition) is 7. The summed E-state index contributed by atoms with van der Waals surface area (Å²) in [6.45, 7) is 1.97. The first-order valence-corrected chi connectivity index (χ1v) is 10.7. The predicted octanol–water partition coefficient (Wildman–Crippen LogP) is 4.02. The van der Waals surface area contributed by atoms with Crippen LogP contribution in [0.25, 0.3) is 0 Å². The number of carbonyl (C=O) groups excluding carboxylic acids is 3. The monoisotopic (exact) mass is 454 g/mol. The van der Waals surface area contributed by atoms with E-state index in [0.717, 1.165) is 17.2 Å². The van der Waals surface area contributed by atoms with Crippen LogP contribution in [-0.4, -0.2) is 43.6 Å². The molecule has 1 N–H and O–H groups in total. The normalized spacial score (nSPS) is 10.8. The molecule has 8 nitrogen and oxygen atoms in total. The molecule has 0 bridgehead atoms. The van der Waals surface area contributed by atoms with E-state index in [4.69, 9.17) is 9.57 Å². The second-order valence-electron chi connectivity index (χ2n) is 7.22. The van der Waals surface area contributed by atoms with E-state index in [9.17, 15) is 14.4 Å². The Bertz CT molecular complexity index is 938. The summed E-state index contributed by atoms with van der Waals surface area (Å²) in [6.07, 6.45) is 5.60. The first-order chi connectivity index (χ1) is 15.9. The van der Waals surface area contributed by atoms with Crippen molar-refractivity contribution in [2.75, 3.05) is 20.7 Å². The number of benzene rings is 2. The Hall–Kier alpha value is -3.65. The highest BCUT2D eigenvalue weighted by Crippen LogP contribution is 2.22. The Morgan fingerprint density at radius 2 is 1.61 bits per heavy atom. The summed E-state index contributed by atoms with van der Waals surface area (Å²) in [4.78, 5) is 40.0. The smallest absolute Gasteiger partial charge is 0.325 e. The largest absolute Gasteiger partial charge is 0.468 e. The van der Waals surface area contributed by atoms with E-state index in [-0.39, 0.29) is 18.9 Å². The molecule has 0 heterocycles. The topological polar surface area (TPSA) is 94.2 Å². The van der Waals surface area contributed by atoms with Gasteiger partial charge in [-0.2, -0.15) is 0 Å². The molecule has 33 heavy (non-hydrogen) atoms. The molecule has 0 saturated heterocycles. The van der Waals surface area contributed by atoms with E-state index in [0.29, 0.717) is 24.2 Å². The number of nitrogens with one attached hydrogen (secondary N) is 1. The van der Waals surface area contributed by atoms with E-state index in [1.54, 1.807) is 36.5 Å². The average molecular weight is 455 g/mol. The van der Waals surface area contributed by atoms with Crippen molar-refractivity contribution in [3.63, 3.8) is 0 Å². The summed E-state index contributed by atoms with van der Waals surface area (Å²) >= 11 is 0. The highest BCUT2D eigenvalue weighted by Gasteiger charge is 2.11. The van der Waals surface area contributed by atoms with Crippen LogP contribution in [0.2, 0.25) is 0 Å². The first kappa shape index (κ1) is 25.6. The van der Waals surface area contributed by atoms with Gasteiger partial charge in [-0.1, -0.05) is 25.1 Å². The average Bonchev–Trinajstić information content (AvgIpc) is 2.81. The lowest BCUT2D eigenvalue weighted by Gasteiger charge is -2.14. The van der Waals surface area contributed by atoms with Crippen LogP contribution in [0.4, 0.5) is 0 Å². The number of ether oxygens (including phenoxy) is 2. The number of nitrogens with zero attached hydrogens (tertiary/aromatic N) is 1. The van der Waals surface area contributed by atoms with Crippen molar-refractivity contribution in [3.05, 3.63) is 71.9 Å². The third-order valence-electron chi connectivity index (χ3n) is 4.60. The fourth-order valence-electron chi connectivity index (χ4n) is 2.77. The minimum atomic E-state index is -0.493. The molecule has 0 saturated carbocycles. The Kier molecular flexibility index (Phi) is 10.6. The zero-order valence-corrected chi connectivity index (χ0v) is 19.2. The van der Waals surface area contributed by atoms with Crippen molar-refractivity contribution in [1.82, 2.24) is 10.4 Å². The van der Waals surface area contributed by atoms with E-state index in [1.165, 1.54) is 19.7 Å². The molecule has 0 radical (unpaired) electrons. The van der Waals surface area contributed by atoms with E-state index in [1.807, 2.05) is 24.3 Å². The van der Waals surface area contributed by atoms with Crippen molar-refractivity contribution in [2.45, 2.75) is 32.6 Å². The molecule has 0 spiro atoms. The fraction of sp³-hybridized carbons (Fsp3) is 0.320. The van der Waals surface area contributed by atoms with Gasteiger partial charge in [0.2, 0.25) is 0 Å². The van der Waals surface area contributed by atoms with Gasteiger partial charge in [-0.25, -0.2) is 0 Å². The lowest BCUT2D eigenvalue weighted by molar-refractivity contribution is -0.188. The van der Waals surface area contributed by atoms with Crippen LogP contribution in [0.5, 0.6) is 11.5 Å². The maximum absolute atomic E-state index is 12.2. The predicted molar refractivity (Wildman–Crippen MR) is 124 cm³/mol. The number of unbranched alkanes of at least 4 members (excludes halogenated alkanes) is 1. The zero-order valence-electron chi connectivity index (χ0n) is 19.2. The van der Waals surface area contributed by atoms with Gasteiger partial charge >= 0.3 is 11.9 Å². The first-order valence-electron chi connectivity index (χ1n) is 10.7. The molecule has 1 amide bonds. The van der Waals surface area contributed by atoms with Crippen LogP contribution < -0.4 is 10.1 Å². The van der Waals surface area contributed by atoms with Crippen LogP contribution in [-0.2, 0) is 25.6 Å². The van der Waals surface area contributed by atoms with Crippen LogP contribution in [0.1, 0.15) is 42.1 Å². The minimum Gasteiger partial charge on any atom is -0.468 e. The van der Waals surface area contributed by atoms with Crippen molar-refractivity contribution < 1.29 is 28.7 Å². The van der Waals surface area contributed by atoms with E-state index >= 15 is 0 Å². The Morgan fingerprint density at radius 1 is 0.970 bits per heavy atom. The van der Waals surface area contributed by atoms with Gasteiger partial charge in [0.15, 0.2) is 0 Å². The number of amides is 1. The number of hydrogen-bond donors (Lipinski definition) is 1. The number of carbonyl (C=O) groups is 3. The number of hydroxylamine groups is 2. The molecule has 0 unspecified atom stereocenters. The van der Waals surface area contributed by atoms with Gasteiger partial charge in [0.25, 0.3) is 5.91 Å². The van der Waals surface area contributed by atoms with Gasteiger partial charge in [0.05, 0.1) is 7.11 Å². The molecule has 2 aromatic rings. The van der Waals surface area contributed by atoms with Crippen LogP contribution >= 0.6 is 0 Å². The molecule has 0 atom stereocenters. The molecule has 2 rings (SSSR count). The van der Waals surface area contributed by atoms with Gasteiger partial charge in [0.1, 0.15) is 18.0 Å². The summed E-state index contributed by atoms with van der Waals surface area (Å²) in [5, 5.41) is 3.82. The van der Waals surface area contributed by atoms with Gasteiger partial charge in [-0.3, -0.25) is 14.4 Å². The van der Waals surface area contributed by atoms with Crippen LogP contribution in [0.15, 0.2) is 60.8 Å². The highest BCUT2D eigenvalue weighted by molar-refractivity contribution is 5.94. The van der Waals surface area contributed by atoms with Crippen molar-refractivity contribution in [1.29, 1.82) is 0 Å². The van der Waals surface area contributed by atoms with E-state index < -0.39 is 11.9 Å². The zero-order chi connectivity index (χ0) is 24.1. The maximum Gasteiger partial charge on any atom is 0.325 e. The van der Waals surface area contributed by atoms with E-state index in [2.05, 4.69) is 17.0 Å². The second-order valence-corrected chi connectivity index (χ2v) is 7.22. The SMILES string of the molecule is CCc1ccc(Oc2ccc(C(=O)N/C=C\CCCC(=O)ON(C)CC(=O)OC)cc2)cc1. The highest BCUT2D eigenvalue weighted by atomic mass is 16.7. The molecule has 2 aromatic carbocycles. The number of aryl methyl sites for hydroxylation is 1. The summed E-state index contributed by atoms with van der Waals surface area (Å²) in [6, 6.07) is 14.8. The molecule has 8 heteroatoms. The van der Waals surface area contributed by atoms with Gasteiger partial charge in [-0.15, -0.1) is 5.06 Å². The molecule has 0 aromatic heterocycles. The molecule has 0 fully saturated rings. The quantitative estimate of drug-likeness (QED) is 0.294. The molecular weight excluding hydrogens is 424 g/mol. The number of rotatable bonds is 12. The molecular formula is C25H30N2O6. The molecule has 176 valence electrons. The Balaban J connectivity index is 1.68. The van der Waals surface area contributed by atoms with Crippen LogP contribution in [0, 0.1) is 0 Å². The molecule has 0 aliphatic rings. The third-order valence-corrected chi connectivity index (χ3v) is 4.60. The standard InChI is InChI=1S/C25H30N2O6/c1-4-19-9-13-21(14-10-19)32-22-15-11-20(12-16-22)25(30)26-17-7-5-6-8-23(28)33-27(2)18-24(29)31-3/h7,9-17H,4-6,8,18H2,1-3H3,(H,26,30)/b17-7-. The van der Waals surface area contributed by atoms with Crippen molar-refractivity contribution >= 4 is 17.8 Å². The van der Waals surface area contributed by atoms with Gasteiger partial charge < -0.3 is 19.6 Å². The number of esters is 1. The third kappa shape index (κ3) is 9.57. The number of likely N-dealkylation sites (N-methyl/N-ethyl adjacent to an activating group) is 1. The summed E-state index contributed by atoms with van der Waals surface area (Å²) in [5.74, 6) is 0.214. The molecule has 0 aliphatic heterocycles. The van der Waals surface area contributed by atoms with Gasteiger partial charge in [0, 0.05) is 25.2 Å². The second kappa shape index (κ2) is 13.7. The minimum absolute atomic E-state index is 0.132. The summed E-state index contributed by atoms with van der Waals surface area (Å²) < 4.78 is 10.3. The lowest BCUT2D eigenvalue weighted by atomic mass is 10.2. The summed E-state index contributed by atoms with van der Waals surface area (Å²) in [7, 11) is 2.74. The van der Waals surface area contributed by atoms with Crippen molar-refractivity contribution in [3.8, 4) is 11.5 Å². The van der Waals surface area contributed by atoms with Crippen LogP contribution in [0.3, 0.4) is 0 Å². The van der Waals surface area contributed by atoms with Crippen molar-refractivity contribution in [2.24, 2.45) is 0 Å². The Labute approximate surface area is 194 Å². The number of allylic oxidation sites excluding steroid dienone is 1. The molecule has 0 aliphatic carbocycles. The van der Waals surface area contributed by atoms with Gasteiger partial charge in [-0.05, 0) is 61.2 Å². The summed E-state index contributed by atoms with van der Waals surface area (Å²) in [5.41, 5.74) is 1.75. The number of methoxy groups -OCH3 is 1. The fourth-order valence-corrected chi connectivity index (χ4v) is 2.77.